The van der Waals surface area contributed by atoms with E-state index in [1.807, 2.05) is 49.4 Å². The van der Waals surface area contributed by atoms with E-state index in [1.165, 1.54) is 0 Å². The van der Waals surface area contributed by atoms with Crippen molar-refractivity contribution in [2.24, 2.45) is 0 Å². The van der Waals surface area contributed by atoms with Crippen LogP contribution in [-0.4, -0.2) is 4.98 Å². The van der Waals surface area contributed by atoms with Gasteiger partial charge in [-0.25, -0.2) is 4.98 Å². The molecule has 2 aromatic rings. The van der Waals surface area contributed by atoms with Gasteiger partial charge in [0.15, 0.2) is 0 Å². The standard InChI is InChI=1S/C14H12N2O/c1-11-7-8-13(9-15)16-14(11)17-10-12-5-3-2-4-6-12/h2-8H,10H2,1H3. The van der Waals surface area contributed by atoms with E-state index in [1.54, 1.807) is 6.07 Å². The average Bonchev–Trinajstić information content (AvgIpc) is 2.39. The summed E-state index contributed by atoms with van der Waals surface area (Å²) in [4.78, 5) is 4.12. The second-order valence-corrected chi connectivity index (χ2v) is 3.70. The lowest BCUT2D eigenvalue weighted by atomic mass is 10.2. The lowest BCUT2D eigenvalue weighted by molar-refractivity contribution is 0.291. The topological polar surface area (TPSA) is 45.9 Å². The maximum atomic E-state index is 8.77. The molecule has 1 aromatic heterocycles. The molecule has 0 atom stereocenters. The normalized spacial score (nSPS) is 9.65. The minimum Gasteiger partial charge on any atom is -0.473 e. The zero-order valence-electron chi connectivity index (χ0n) is 9.55. The van der Waals surface area contributed by atoms with Gasteiger partial charge in [-0.1, -0.05) is 36.4 Å². The highest BCUT2D eigenvalue weighted by Crippen LogP contribution is 2.16. The molecule has 1 aromatic carbocycles. The largest absolute Gasteiger partial charge is 0.473 e. The Morgan fingerprint density at radius 1 is 1.18 bits per heavy atom. The van der Waals surface area contributed by atoms with E-state index in [0.717, 1.165) is 11.1 Å². The van der Waals surface area contributed by atoms with E-state index >= 15 is 0 Å². The summed E-state index contributed by atoms with van der Waals surface area (Å²) in [6.07, 6.45) is 0. The Hall–Kier alpha value is -2.34. The minimum absolute atomic E-state index is 0.374. The lowest BCUT2D eigenvalue weighted by Gasteiger charge is -2.07. The second-order valence-electron chi connectivity index (χ2n) is 3.70. The van der Waals surface area contributed by atoms with Crippen LogP contribution in [0.2, 0.25) is 0 Å². The summed E-state index contributed by atoms with van der Waals surface area (Å²) in [5, 5.41) is 8.77. The molecule has 1 heterocycles. The summed E-state index contributed by atoms with van der Waals surface area (Å²) < 4.78 is 5.60. The molecule has 0 N–H and O–H groups in total. The van der Waals surface area contributed by atoms with Crippen LogP contribution in [0.1, 0.15) is 16.8 Å². The zero-order chi connectivity index (χ0) is 12.1. The van der Waals surface area contributed by atoms with Crippen molar-refractivity contribution in [3.63, 3.8) is 0 Å². The summed E-state index contributed by atoms with van der Waals surface area (Å²) in [6, 6.07) is 15.4. The van der Waals surface area contributed by atoms with Crippen molar-refractivity contribution in [2.45, 2.75) is 13.5 Å². The average molecular weight is 224 g/mol. The number of nitriles is 1. The van der Waals surface area contributed by atoms with Crippen molar-refractivity contribution in [3.05, 3.63) is 59.3 Å². The molecule has 0 amide bonds. The molecular weight excluding hydrogens is 212 g/mol. The molecule has 84 valence electrons. The van der Waals surface area contributed by atoms with Crippen LogP contribution < -0.4 is 4.74 Å². The van der Waals surface area contributed by atoms with Gasteiger partial charge in [0.2, 0.25) is 5.88 Å². The van der Waals surface area contributed by atoms with Crippen LogP contribution in [-0.2, 0) is 6.61 Å². The molecule has 0 aliphatic rings. The van der Waals surface area contributed by atoms with Gasteiger partial charge in [-0.15, -0.1) is 0 Å². The van der Waals surface area contributed by atoms with Crippen molar-refractivity contribution in [3.8, 4) is 11.9 Å². The number of rotatable bonds is 3. The van der Waals surface area contributed by atoms with E-state index in [2.05, 4.69) is 4.98 Å². The quantitative estimate of drug-likeness (QED) is 0.805. The molecule has 0 aliphatic heterocycles. The number of benzene rings is 1. The van der Waals surface area contributed by atoms with Gasteiger partial charge >= 0.3 is 0 Å². The molecule has 0 unspecified atom stereocenters. The Labute approximate surface area is 100 Å². The number of aryl methyl sites for hydroxylation is 1. The third-order valence-electron chi connectivity index (χ3n) is 2.38. The summed E-state index contributed by atoms with van der Waals surface area (Å²) in [5.74, 6) is 0.521. The Morgan fingerprint density at radius 3 is 2.65 bits per heavy atom. The van der Waals surface area contributed by atoms with E-state index in [-0.39, 0.29) is 0 Å². The van der Waals surface area contributed by atoms with Gasteiger partial charge < -0.3 is 4.74 Å². The number of ether oxygens (including phenoxy) is 1. The highest BCUT2D eigenvalue weighted by molar-refractivity contribution is 5.32. The molecule has 0 saturated heterocycles. The zero-order valence-corrected chi connectivity index (χ0v) is 9.55. The first-order valence-electron chi connectivity index (χ1n) is 5.34. The summed E-state index contributed by atoms with van der Waals surface area (Å²) in [5.41, 5.74) is 2.38. The highest BCUT2D eigenvalue weighted by Gasteiger charge is 2.03. The first-order chi connectivity index (χ1) is 8.29. The van der Waals surface area contributed by atoms with Crippen LogP contribution in [0.4, 0.5) is 0 Å². The van der Waals surface area contributed by atoms with E-state index in [4.69, 9.17) is 10.00 Å². The molecule has 2 rings (SSSR count). The number of nitrogens with zero attached hydrogens (tertiary/aromatic N) is 2. The highest BCUT2D eigenvalue weighted by atomic mass is 16.5. The van der Waals surface area contributed by atoms with E-state index in [9.17, 15) is 0 Å². The van der Waals surface area contributed by atoms with Crippen LogP contribution in [0.15, 0.2) is 42.5 Å². The fraction of sp³-hybridized carbons (Fsp3) is 0.143. The minimum atomic E-state index is 0.374. The lowest BCUT2D eigenvalue weighted by Crippen LogP contribution is -2.00. The third-order valence-corrected chi connectivity index (χ3v) is 2.38. The molecule has 0 spiro atoms. The van der Waals surface area contributed by atoms with Gasteiger partial charge in [-0.2, -0.15) is 5.26 Å². The monoisotopic (exact) mass is 224 g/mol. The summed E-state index contributed by atoms with van der Waals surface area (Å²) in [7, 11) is 0. The molecule has 3 heteroatoms. The van der Waals surface area contributed by atoms with Crippen LogP contribution >= 0.6 is 0 Å². The van der Waals surface area contributed by atoms with Crippen molar-refractivity contribution in [1.29, 1.82) is 5.26 Å². The fourth-order valence-corrected chi connectivity index (χ4v) is 1.44. The van der Waals surface area contributed by atoms with Crippen LogP contribution in [0, 0.1) is 18.3 Å². The summed E-state index contributed by atoms with van der Waals surface area (Å²) in [6.45, 7) is 2.37. The van der Waals surface area contributed by atoms with Gasteiger partial charge in [0.1, 0.15) is 18.4 Å². The molecule has 0 saturated carbocycles. The fourth-order valence-electron chi connectivity index (χ4n) is 1.44. The van der Waals surface area contributed by atoms with E-state index < -0.39 is 0 Å². The second kappa shape index (κ2) is 5.13. The molecule has 0 bridgehead atoms. The Kier molecular flexibility index (Phi) is 3.37. The van der Waals surface area contributed by atoms with Gasteiger partial charge in [0, 0.05) is 5.56 Å². The van der Waals surface area contributed by atoms with Gasteiger partial charge in [-0.3, -0.25) is 0 Å². The van der Waals surface area contributed by atoms with Gasteiger partial charge in [0.25, 0.3) is 0 Å². The molecule has 0 radical (unpaired) electrons. The first kappa shape index (κ1) is 11.2. The number of aromatic nitrogens is 1. The first-order valence-corrected chi connectivity index (χ1v) is 5.34. The molecular formula is C14H12N2O. The summed E-state index contributed by atoms with van der Waals surface area (Å²) >= 11 is 0. The predicted molar refractivity (Wildman–Crippen MR) is 64.5 cm³/mol. The van der Waals surface area contributed by atoms with Crippen LogP contribution in [0.3, 0.4) is 0 Å². The van der Waals surface area contributed by atoms with Crippen molar-refractivity contribution < 1.29 is 4.74 Å². The molecule has 3 nitrogen and oxygen atoms in total. The Balaban J connectivity index is 2.12. The van der Waals surface area contributed by atoms with Crippen LogP contribution in [0.25, 0.3) is 0 Å². The third kappa shape index (κ3) is 2.82. The van der Waals surface area contributed by atoms with Gasteiger partial charge in [-0.05, 0) is 18.6 Å². The maximum absolute atomic E-state index is 8.77. The predicted octanol–water partition coefficient (Wildman–Crippen LogP) is 2.84. The smallest absolute Gasteiger partial charge is 0.217 e. The SMILES string of the molecule is Cc1ccc(C#N)nc1OCc1ccccc1. The van der Waals surface area contributed by atoms with Crippen molar-refractivity contribution in [1.82, 2.24) is 4.98 Å². The molecule has 17 heavy (non-hydrogen) atoms. The van der Waals surface area contributed by atoms with Crippen molar-refractivity contribution >= 4 is 0 Å². The van der Waals surface area contributed by atoms with Crippen LogP contribution in [0.5, 0.6) is 5.88 Å². The number of pyridine rings is 1. The molecule has 0 aliphatic carbocycles. The van der Waals surface area contributed by atoms with Gasteiger partial charge in [0.05, 0.1) is 0 Å². The molecule has 0 fully saturated rings. The Morgan fingerprint density at radius 2 is 1.94 bits per heavy atom. The maximum Gasteiger partial charge on any atom is 0.217 e. The Bertz CT molecular complexity index is 544. The number of hydrogen-bond donors (Lipinski definition) is 0. The van der Waals surface area contributed by atoms with Crippen molar-refractivity contribution in [2.75, 3.05) is 0 Å². The number of hydrogen-bond acceptors (Lipinski definition) is 3. The van der Waals surface area contributed by atoms with E-state index in [0.29, 0.717) is 18.2 Å².